The molecule has 0 saturated heterocycles. The number of ether oxygens (including phenoxy) is 1. The first kappa shape index (κ1) is 17.5. The molecule has 0 bridgehead atoms. The number of rotatable bonds is 5. The molecule has 1 rings (SSSR count). The summed E-state index contributed by atoms with van der Waals surface area (Å²) in [6, 6.07) is 5.32. The Labute approximate surface area is 126 Å². The van der Waals surface area contributed by atoms with Gasteiger partial charge in [-0.15, -0.1) is 0 Å². The summed E-state index contributed by atoms with van der Waals surface area (Å²) in [5, 5.41) is 10.5. The minimum absolute atomic E-state index is 0.0967. The summed E-state index contributed by atoms with van der Waals surface area (Å²) >= 11 is 0. The maximum absolute atomic E-state index is 13.6. The largest absolute Gasteiger partial charge is 0.457 e. The smallest absolute Gasteiger partial charge is 0.349 e. The van der Waals surface area contributed by atoms with Gasteiger partial charge in [0.25, 0.3) is 11.9 Å². The molecule has 22 heavy (non-hydrogen) atoms. The van der Waals surface area contributed by atoms with Crippen LogP contribution in [0.15, 0.2) is 30.3 Å². The van der Waals surface area contributed by atoms with Gasteiger partial charge in [0.2, 0.25) is 5.78 Å². The zero-order valence-electron chi connectivity index (χ0n) is 12.4. The predicted octanol–water partition coefficient (Wildman–Crippen LogP) is 2.86. The first-order valence-electron chi connectivity index (χ1n) is 6.43. The fraction of sp³-hybridized carbons (Fsp3) is 0.333. The number of ketones is 1. The van der Waals surface area contributed by atoms with Crippen molar-refractivity contribution in [2.75, 3.05) is 0 Å². The summed E-state index contributed by atoms with van der Waals surface area (Å²) in [4.78, 5) is 32.9. The van der Waals surface area contributed by atoms with E-state index in [-0.39, 0.29) is 5.69 Å². The van der Waals surface area contributed by atoms with E-state index in [1.165, 1.54) is 30.3 Å². The van der Waals surface area contributed by atoms with E-state index in [1.54, 1.807) is 20.8 Å². The molecule has 0 N–H and O–H groups in total. The molecule has 0 heterocycles. The monoisotopic (exact) mass is 309 g/mol. The Hall–Kier alpha value is -2.57. The Balaban J connectivity index is 2.70. The number of esters is 1. The SMILES string of the molecule is CC(C)(C)OC(=O)C(F)C(=O)/C=C/c1ccc([N+](=O)[O-])cc1. The predicted molar refractivity (Wildman–Crippen MR) is 77.9 cm³/mol. The molecule has 0 aliphatic rings. The lowest BCUT2D eigenvalue weighted by atomic mass is 10.1. The molecule has 0 aliphatic carbocycles. The molecule has 0 saturated carbocycles. The molecule has 0 fully saturated rings. The van der Waals surface area contributed by atoms with E-state index in [0.717, 1.165) is 6.08 Å². The number of allylic oxidation sites excluding steroid dienone is 1. The normalized spacial score (nSPS) is 12.9. The lowest BCUT2D eigenvalue weighted by Crippen LogP contribution is -2.33. The van der Waals surface area contributed by atoms with Crippen LogP contribution < -0.4 is 0 Å². The molecule has 1 aromatic carbocycles. The third-order valence-corrected chi connectivity index (χ3v) is 2.41. The number of nitro groups is 1. The third-order valence-electron chi connectivity index (χ3n) is 2.41. The van der Waals surface area contributed by atoms with Crippen LogP contribution in [0.3, 0.4) is 0 Å². The van der Waals surface area contributed by atoms with Crippen LogP contribution in [0.4, 0.5) is 10.1 Å². The first-order valence-corrected chi connectivity index (χ1v) is 6.43. The van der Waals surface area contributed by atoms with Gasteiger partial charge in [0.15, 0.2) is 0 Å². The molecular formula is C15H16FNO5. The van der Waals surface area contributed by atoms with Gasteiger partial charge in [-0.25, -0.2) is 9.18 Å². The standard InChI is InChI=1S/C15H16FNO5/c1-15(2,3)22-14(19)13(16)12(18)9-6-10-4-7-11(8-5-10)17(20)21/h4-9,13H,1-3H3/b9-6+. The molecule has 1 aromatic rings. The highest BCUT2D eigenvalue weighted by atomic mass is 19.1. The van der Waals surface area contributed by atoms with Gasteiger partial charge in [-0.2, -0.15) is 0 Å². The second-order valence-corrected chi connectivity index (χ2v) is 5.48. The summed E-state index contributed by atoms with van der Waals surface area (Å²) in [5.74, 6) is -2.29. The van der Waals surface area contributed by atoms with Crippen molar-refractivity contribution in [3.63, 3.8) is 0 Å². The van der Waals surface area contributed by atoms with E-state index in [2.05, 4.69) is 0 Å². The number of carbonyl (C=O) groups is 2. The van der Waals surface area contributed by atoms with Crippen LogP contribution in [0.5, 0.6) is 0 Å². The van der Waals surface area contributed by atoms with E-state index in [4.69, 9.17) is 4.74 Å². The highest BCUT2D eigenvalue weighted by Gasteiger charge is 2.29. The summed E-state index contributed by atoms with van der Waals surface area (Å²) in [5.41, 5.74) is -0.514. The van der Waals surface area contributed by atoms with Crippen molar-refractivity contribution in [3.8, 4) is 0 Å². The number of alkyl halides is 1. The van der Waals surface area contributed by atoms with Crippen molar-refractivity contribution in [3.05, 3.63) is 46.0 Å². The number of nitro benzene ring substituents is 1. The Morgan fingerprint density at radius 2 is 1.82 bits per heavy atom. The summed E-state index contributed by atoms with van der Waals surface area (Å²) in [6.07, 6.45) is -0.229. The minimum Gasteiger partial charge on any atom is -0.457 e. The van der Waals surface area contributed by atoms with Gasteiger partial charge in [-0.3, -0.25) is 14.9 Å². The lowest BCUT2D eigenvalue weighted by Gasteiger charge is -2.20. The van der Waals surface area contributed by atoms with Crippen molar-refractivity contribution in [1.82, 2.24) is 0 Å². The number of halogens is 1. The van der Waals surface area contributed by atoms with Crippen LogP contribution in [0, 0.1) is 10.1 Å². The van der Waals surface area contributed by atoms with Crippen molar-refractivity contribution in [1.29, 1.82) is 0 Å². The molecule has 6 nitrogen and oxygen atoms in total. The van der Waals surface area contributed by atoms with Gasteiger partial charge in [0.1, 0.15) is 5.60 Å². The topological polar surface area (TPSA) is 86.5 Å². The second-order valence-electron chi connectivity index (χ2n) is 5.48. The van der Waals surface area contributed by atoms with Crippen LogP contribution >= 0.6 is 0 Å². The van der Waals surface area contributed by atoms with Crippen molar-refractivity contribution >= 4 is 23.5 Å². The van der Waals surface area contributed by atoms with Crippen LogP contribution in [0.1, 0.15) is 26.3 Å². The van der Waals surface area contributed by atoms with E-state index >= 15 is 0 Å². The van der Waals surface area contributed by atoms with E-state index < -0.39 is 28.4 Å². The number of nitrogens with zero attached hydrogens (tertiary/aromatic N) is 1. The van der Waals surface area contributed by atoms with Gasteiger partial charge >= 0.3 is 5.97 Å². The van der Waals surface area contributed by atoms with Crippen LogP contribution in [0.25, 0.3) is 6.08 Å². The number of hydrogen-bond acceptors (Lipinski definition) is 5. The minimum atomic E-state index is -2.39. The molecule has 1 atom stereocenters. The zero-order chi connectivity index (χ0) is 16.9. The Morgan fingerprint density at radius 3 is 2.27 bits per heavy atom. The van der Waals surface area contributed by atoms with Gasteiger partial charge in [0.05, 0.1) is 4.92 Å². The highest BCUT2D eigenvalue weighted by Crippen LogP contribution is 2.14. The average molecular weight is 309 g/mol. The van der Waals surface area contributed by atoms with E-state index in [0.29, 0.717) is 5.56 Å². The van der Waals surface area contributed by atoms with E-state index in [9.17, 15) is 24.1 Å². The maximum atomic E-state index is 13.6. The van der Waals surface area contributed by atoms with Gasteiger partial charge in [-0.1, -0.05) is 6.08 Å². The summed E-state index contributed by atoms with van der Waals surface area (Å²) in [7, 11) is 0. The van der Waals surface area contributed by atoms with E-state index in [1.807, 2.05) is 0 Å². The van der Waals surface area contributed by atoms with Gasteiger partial charge < -0.3 is 4.74 Å². The molecule has 0 amide bonds. The molecule has 0 aliphatic heterocycles. The average Bonchev–Trinajstić information content (AvgIpc) is 2.42. The quantitative estimate of drug-likeness (QED) is 0.274. The third kappa shape index (κ3) is 5.43. The molecule has 118 valence electrons. The van der Waals surface area contributed by atoms with Gasteiger partial charge in [-0.05, 0) is 44.5 Å². The van der Waals surface area contributed by atoms with Crippen molar-refractivity contribution < 1.29 is 23.6 Å². The second kappa shape index (κ2) is 6.93. The Morgan fingerprint density at radius 1 is 1.27 bits per heavy atom. The molecule has 0 spiro atoms. The fourth-order valence-corrected chi connectivity index (χ4v) is 1.44. The number of hydrogen-bond donors (Lipinski definition) is 0. The van der Waals surface area contributed by atoms with Gasteiger partial charge in [0, 0.05) is 12.1 Å². The number of benzene rings is 1. The Bertz CT molecular complexity index is 601. The summed E-state index contributed by atoms with van der Waals surface area (Å²) in [6.45, 7) is 4.69. The number of non-ortho nitro benzene ring substituents is 1. The molecule has 0 aromatic heterocycles. The number of carbonyl (C=O) groups excluding carboxylic acids is 2. The van der Waals surface area contributed by atoms with Crippen molar-refractivity contribution in [2.45, 2.75) is 32.5 Å². The van der Waals surface area contributed by atoms with Crippen LogP contribution in [-0.2, 0) is 14.3 Å². The zero-order valence-corrected chi connectivity index (χ0v) is 12.4. The molecular weight excluding hydrogens is 293 g/mol. The summed E-state index contributed by atoms with van der Waals surface area (Å²) < 4.78 is 18.4. The molecule has 1 unspecified atom stereocenters. The maximum Gasteiger partial charge on any atom is 0.349 e. The van der Waals surface area contributed by atoms with Crippen LogP contribution in [0.2, 0.25) is 0 Å². The highest BCUT2D eigenvalue weighted by molar-refractivity contribution is 6.09. The molecule has 7 heteroatoms. The Kier molecular flexibility index (Phi) is 5.50. The fourth-order valence-electron chi connectivity index (χ4n) is 1.44. The lowest BCUT2D eigenvalue weighted by molar-refractivity contribution is -0.384. The van der Waals surface area contributed by atoms with Crippen molar-refractivity contribution in [2.24, 2.45) is 0 Å². The first-order chi connectivity index (χ1) is 10.1. The molecule has 0 radical (unpaired) electrons. The van der Waals surface area contributed by atoms with Crippen LogP contribution in [-0.4, -0.2) is 28.4 Å².